The summed E-state index contributed by atoms with van der Waals surface area (Å²) >= 11 is 0. The number of likely N-dealkylation sites (tertiary alicyclic amines) is 1. The van der Waals surface area contributed by atoms with Crippen LogP contribution in [-0.4, -0.2) is 39.0 Å². The second-order valence-corrected chi connectivity index (χ2v) is 5.90. The second-order valence-electron chi connectivity index (χ2n) is 5.90. The molecule has 0 unspecified atom stereocenters. The normalized spacial score (nSPS) is 16.4. The van der Waals surface area contributed by atoms with Gasteiger partial charge in [-0.25, -0.2) is 0 Å². The molecule has 1 aromatic heterocycles. The minimum absolute atomic E-state index is 0.0107. The number of nitrogens with one attached hydrogen (secondary N) is 1. The lowest BCUT2D eigenvalue weighted by Gasteiger charge is -2.25. The first-order chi connectivity index (χ1) is 11.1. The lowest BCUT2D eigenvalue weighted by molar-refractivity contribution is -0.388. The van der Waals surface area contributed by atoms with E-state index in [1.807, 2.05) is 18.2 Å². The summed E-state index contributed by atoms with van der Waals surface area (Å²) < 4.78 is 1.66. The maximum atomic E-state index is 11.2. The number of nitro groups is 1. The molecule has 1 N–H and O–H groups in total. The summed E-state index contributed by atoms with van der Waals surface area (Å²) in [4.78, 5) is 17.0. The highest BCUT2D eigenvalue weighted by molar-refractivity contribution is 5.53. The summed E-state index contributed by atoms with van der Waals surface area (Å²) in [7, 11) is 1.76. The van der Waals surface area contributed by atoms with E-state index in [0.29, 0.717) is 5.82 Å². The molecule has 0 aliphatic carbocycles. The van der Waals surface area contributed by atoms with Crippen LogP contribution < -0.4 is 5.32 Å². The van der Waals surface area contributed by atoms with Gasteiger partial charge in [-0.2, -0.15) is 0 Å². The molecule has 1 aliphatic heterocycles. The van der Waals surface area contributed by atoms with Crippen molar-refractivity contribution < 1.29 is 4.92 Å². The molecule has 0 bridgehead atoms. The molecule has 1 aliphatic rings. The monoisotopic (exact) mass is 315 g/mol. The number of benzene rings is 1. The average Bonchev–Trinajstić information content (AvgIpc) is 3.18. The molecule has 0 spiro atoms. The van der Waals surface area contributed by atoms with E-state index in [0.717, 1.165) is 25.2 Å². The predicted octanol–water partition coefficient (Wildman–Crippen LogP) is 2.58. The first-order valence-electron chi connectivity index (χ1n) is 7.84. The third-order valence-electron chi connectivity index (χ3n) is 4.24. The Labute approximate surface area is 135 Å². The van der Waals surface area contributed by atoms with Gasteiger partial charge in [0.15, 0.2) is 0 Å². The largest absolute Gasteiger partial charge is 0.406 e. The Kier molecular flexibility index (Phi) is 4.57. The Hall–Kier alpha value is -2.41. The maximum Gasteiger partial charge on any atom is 0.406 e. The number of hydrogen-bond acceptors (Lipinski definition) is 5. The molecule has 122 valence electrons. The summed E-state index contributed by atoms with van der Waals surface area (Å²) in [6, 6.07) is 10.1. The Balaban J connectivity index is 1.86. The van der Waals surface area contributed by atoms with Gasteiger partial charge in [0, 0.05) is 13.6 Å². The van der Waals surface area contributed by atoms with E-state index in [1.54, 1.807) is 11.6 Å². The van der Waals surface area contributed by atoms with Crippen molar-refractivity contribution in [3.63, 3.8) is 0 Å². The van der Waals surface area contributed by atoms with Crippen molar-refractivity contribution in [3.05, 3.63) is 52.3 Å². The van der Waals surface area contributed by atoms with E-state index in [1.165, 1.54) is 19.2 Å². The highest BCUT2D eigenvalue weighted by Crippen LogP contribution is 2.27. The van der Waals surface area contributed by atoms with Gasteiger partial charge in [-0.3, -0.25) is 4.57 Å². The molecular weight excluding hydrogens is 294 g/mol. The van der Waals surface area contributed by atoms with E-state index in [2.05, 4.69) is 27.3 Å². The van der Waals surface area contributed by atoms with Crippen LogP contribution in [0.25, 0.3) is 0 Å². The molecule has 23 heavy (non-hydrogen) atoms. The highest BCUT2D eigenvalue weighted by Gasteiger charge is 2.25. The molecule has 2 heterocycles. The Morgan fingerprint density at radius 3 is 2.65 bits per heavy atom. The zero-order chi connectivity index (χ0) is 16.2. The van der Waals surface area contributed by atoms with Crippen LogP contribution in [0.1, 0.15) is 24.4 Å². The maximum absolute atomic E-state index is 11.2. The van der Waals surface area contributed by atoms with Gasteiger partial charge in [-0.05, 0) is 41.4 Å². The molecule has 1 aromatic carbocycles. The molecule has 0 saturated carbocycles. The quantitative estimate of drug-likeness (QED) is 0.655. The SMILES string of the molecule is Cn1cnc([N+](=O)[O-])c1N[C@@H](CN1CCCC1)c1ccccc1. The molecule has 1 fully saturated rings. The van der Waals surface area contributed by atoms with Gasteiger partial charge in [0.1, 0.15) is 0 Å². The zero-order valence-corrected chi connectivity index (χ0v) is 13.2. The molecule has 1 saturated heterocycles. The van der Waals surface area contributed by atoms with E-state index in [9.17, 15) is 10.1 Å². The zero-order valence-electron chi connectivity index (χ0n) is 13.2. The lowest BCUT2D eigenvalue weighted by atomic mass is 10.1. The van der Waals surface area contributed by atoms with Crippen molar-refractivity contribution in [2.75, 3.05) is 25.0 Å². The van der Waals surface area contributed by atoms with Crippen molar-refractivity contribution >= 4 is 11.6 Å². The Morgan fingerprint density at radius 2 is 2.00 bits per heavy atom. The van der Waals surface area contributed by atoms with Gasteiger partial charge in [-0.15, -0.1) is 0 Å². The molecule has 7 heteroatoms. The van der Waals surface area contributed by atoms with Crippen molar-refractivity contribution in [1.29, 1.82) is 0 Å². The van der Waals surface area contributed by atoms with E-state index < -0.39 is 4.92 Å². The number of aryl methyl sites for hydroxylation is 1. The van der Waals surface area contributed by atoms with Gasteiger partial charge < -0.3 is 20.3 Å². The molecular formula is C16H21N5O2. The third kappa shape index (κ3) is 3.50. The average molecular weight is 315 g/mol. The number of anilines is 1. The molecule has 3 rings (SSSR count). The van der Waals surface area contributed by atoms with Crippen molar-refractivity contribution in [2.24, 2.45) is 7.05 Å². The van der Waals surface area contributed by atoms with Gasteiger partial charge >= 0.3 is 5.82 Å². The fraction of sp³-hybridized carbons (Fsp3) is 0.438. The molecule has 0 amide bonds. The van der Waals surface area contributed by atoms with Crippen molar-refractivity contribution in [2.45, 2.75) is 18.9 Å². The van der Waals surface area contributed by atoms with E-state index >= 15 is 0 Å². The minimum Gasteiger partial charge on any atom is -0.358 e. The molecule has 2 aromatic rings. The van der Waals surface area contributed by atoms with Crippen LogP contribution in [0.3, 0.4) is 0 Å². The molecule has 7 nitrogen and oxygen atoms in total. The first kappa shape index (κ1) is 15.5. The van der Waals surface area contributed by atoms with Crippen LogP contribution in [0.4, 0.5) is 11.6 Å². The lowest BCUT2D eigenvalue weighted by Crippen LogP contribution is -2.30. The van der Waals surface area contributed by atoms with Crippen molar-refractivity contribution in [1.82, 2.24) is 14.5 Å². The molecule has 1 atom stereocenters. The van der Waals surface area contributed by atoms with Gasteiger partial charge in [0.25, 0.3) is 0 Å². The summed E-state index contributed by atoms with van der Waals surface area (Å²) in [6.45, 7) is 2.99. The highest BCUT2D eigenvalue weighted by atomic mass is 16.6. The molecule has 0 radical (unpaired) electrons. The van der Waals surface area contributed by atoms with Gasteiger partial charge in [-0.1, -0.05) is 30.3 Å². The number of nitrogens with zero attached hydrogens (tertiary/aromatic N) is 4. The van der Waals surface area contributed by atoms with Crippen LogP contribution in [0, 0.1) is 10.1 Å². The van der Waals surface area contributed by atoms with Gasteiger partial charge in [0.05, 0.1) is 6.04 Å². The topological polar surface area (TPSA) is 76.2 Å². The number of rotatable bonds is 6. The Morgan fingerprint density at radius 1 is 1.30 bits per heavy atom. The van der Waals surface area contributed by atoms with Crippen LogP contribution in [0.5, 0.6) is 0 Å². The summed E-state index contributed by atoms with van der Waals surface area (Å²) in [6.07, 6.45) is 3.90. The van der Waals surface area contributed by atoms with Crippen molar-refractivity contribution in [3.8, 4) is 0 Å². The number of imidazole rings is 1. The first-order valence-corrected chi connectivity index (χ1v) is 7.84. The fourth-order valence-electron chi connectivity index (χ4n) is 3.03. The Bertz CT molecular complexity index is 664. The second kappa shape index (κ2) is 6.78. The smallest absolute Gasteiger partial charge is 0.358 e. The summed E-state index contributed by atoms with van der Waals surface area (Å²) in [5.41, 5.74) is 1.12. The third-order valence-corrected chi connectivity index (χ3v) is 4.24. The van der Waals surface area contributed by atoms with Crippen LogP contribution in [0.15, 0.2) is 36.7 Å². The summed E-state index contributed by atoms with van der Waals surface area (Å²) in [5, 5.41) is 14.5. The van der Waals surface area contributed by atoms with E-state index in [-0.39, 0.29) is 11.9 Å². The summed E-state index contributed by atoms with van der Waals surface area (Å²) in [5.74, 6) is 0.318. The minimum atomic E-state index is -0.444. The number of hydrogen-bond donors (Lipinski definition) is 1. The van der Waals surface area contributed by atoms with Gasteiger partial charge in [0.2, 0.25) is 12.1 Å². The van der Waals surface area contributed by atoms with Crippen LogP contribution >= 0.6 is 0 Å². The van der Waals surface area contributed by atoms with Crippen LogP contribution in [-0.2, 0) is 7.05 Å². The predicted molar refractivity (Wildman–Crippen MR) is 88.3 cm³/mol. The fourth-order valence-corrected chi connectivity index (χ4v) is 3.03. The standard InChI is InChI=1S/C16H21N5O2/c1-19-12-17-15(21(22)23)16(19)18-14(11-20-9-5-6-10-20)13-7-3-2-4-8-13/h2-4,7-8,12,14,18H,5-6,9-11H2,1H3/t14-/m0/s1. The van der Waals surface area contributed by atoms with Crippen LogP contribution in [0.2, 0.25) is 0 Å². The number of aromatic nitrogens is 2. The van der Waals surface area contributed by atoms with E-state index in [4.69, 9.17) is 0 Å².